The lowest BCUT2D eigenvalue weighted by Gasteiger charge is -2.37. The third kappa shape index (κ3) is 4.35. The highest BCUT2D eigenvalue weighted by atomic mass is 19.1. The summed E-state index contributed by atoms with van der Waals surface area (Å²) in [4.78, 5) is 25.9. The van der Waals surface area contributed by atoms with E-state index in [4.69, 9.17) is 14.3 Å². The number of halogens is 1. The number of aromatic nitrogens is 4. The molecule has 1 saturated carbocycles. The second-order valence-corrected chi connectivity index (χ2v) is 8.63. The quantitative estimate of drug-likeness (QED) is 0.516. The van der Waals surface area contributed by atoms with Crippen LogP contribution in [0.1, 0.15) is 61.0 Å². The summed E-state index contributed by atoms with van der Waals surface area (Å²) >= 11 is 0. The van der Waals surface area contributed by atoms with E-state index in [9.17, 15) is 9.18 Å². The Hall–Kier alpha value is -3.81. The van der Waals surface area contributed by atoms with Gasteiger partial charge in [-0.05, 0) is 50.3 Å². The van der Waals surface area contributed by atoms with Crippen molar-refractivity contribution in [2.75, 3.05) is 18.0 Å². The molecule has 0 atom stereocenters. The van der Waals surface area contributed by atoms with Gasteiger partial charge in [0.15, 0.2) is 5.82 Å². The van der Waals surface area contributed by atoms with Crippen LogP contribution in [0, 0.1) is 17.1 Å². The Balaban J connectivity index is 1.28. The van der Waals surface area contributed by atoms with Crippen LogP contribution in [-0.2, 0) is 6.42 Å². The highest BCUT2D eigenvalue weighted by Crippen LogP contribution is 2.34. The van der Waals surface area contributed by atoms with Crippen LogP contribution >= 0.6 is 0 Å². The maximum absolute atomic E-state index is 14.3. The summed E-state index contributed by atoms with van der Waals surface area (Å²) < 4.78 is 24.9. The molecule has 3 aromatic rings. The smallest absolute Gasteiger partial charge is 0.324 e. The topological polar surface area (TPSA) is 125 Å². The summed E-state index contributed by atoms with van der Waals surface area (Å²) in [5.74, 6) is -0.435. The summed E-state index contributed by atoms with van der Waals surface area (Å²) in [6.07, 6.45) is 5.11. The van der Waals surface area contributed by atoms with Gasteiger partial charge in [0, 0.05) is 31.6 Å². The molecule has 2 fully saturated rings. The van der Waals surface area contributed by atoms with Gasteiger partial charge in [0.1, 0.15) is 5.82 Å². The fraction of sp³-hybridized carbons (Fsp3) is 0.478. The van der Waals surface area contributed by atoms with Gasteiger partial charge in [-0.1, -0.05) is 17.2 Å². The number of hydrogen-bond donors (Lipinski definition) is 0. The SMILES string of the molecule is CCCc1noc(N2CCC(N(C(=O)c3noc(-c4ccc(C#N)cc4F)n3)C3CC3)CC2)n1. The van der Waals surface area contributed by atoms with E-state index in [-0.39, 0.29) is 40.8 Å². The molecule has 0 N–H and O–H groups in total. The summed E-state index contributed by atoms with van der Waals surface area (Å²) in [5, 5.41) is 16.8. The Labute approximate surface area is 195 Å². The van der Waals surface area contributed by atoms with E-state index in [0.717, 1.165) is 44.6 Å². The van der Waals surface area contributed by atoms with Gasteiger partial charge in [0.2, 0.25) is 0 Å². The van der Waals surface area contributed by atoms with Crippen molar-refractivity contribution in [3.05, 3.63) is 41.2 Å². The van der Waals surface area contributed by atoms with E-state index in [1.807, 2.05) is 11.0 Å². The molecular weight excluding hydrogens is 441 g/mol. The maximum Gasteiger partial charge on any atom is 0.324 e. The highest BCUT2D eigenvalue weighted by Gasteiger charge is 2.41. The first kappa shape index (κ1) is 22.0. The molecule has 176 valence electrons. The Morgan fingerprint density at radius 3 is 2.62 bits per heavy atom. The van der Waals surface area contributed by atoms with Crippen molar-refractivity contribution in [2.45, 2.75) is 57.5 Å². The number of carbonyl (C=O) groups excluding carboxylic acids is 1. The minimum Gasteiger partial charge on any atom is -0.333 e. The van der Waals surface area contributed by atoms with Gasteiger partial charge in [0.25, 0.3) is 17.6 Å². The van der Waals surface area contributed by atoms with Crippen LogP contribution in [0.15, 0.2) is 27.2 Å². The predicted molar refractivity (Wildman–Crippen MR) is 117 cm³/mol. The summed E-state index contributed by atoms with van der Waals surface area (Å²) in [6, 6.07) is 6.54. The molecule has 1 aliphatic carbocycles. The number of hydrogen-bond acceptors (Lipinski definition) is 9. The summed E-state index contributed by atoms with van der Waals surface area (Å²) in [7, 11) is 0. The number of anilines is 1. The van der Waals surface area contributed by atoms with Crippen molar-refractivity contribution in [3.63, 3.8) is 0 Å². The van der Waals surface area contributed by atoms with Crippen LogP contribution in [0.5, 0.6) is 0 Å². The molecular formula is C23H24FN7O3. The highest BCUT2D eigenvalue weighted by molar-refractivity contribution is 5.91. The number of carbonyl (C=O) groups is 1. The molecule has 2 aliphatic rings. The van der Waals surface area contributed by atoms with Crippen LogP contribution in [0.25, 0.3) is 11.5 Å². The number of aryl methyl sites for hydroxylation is 1. The Bertz CT molecular complexity index is 1220. The van der Waals surface area contributed by atoms with Crippen molar-refractivity contribution in [1.29, 1.82) is 5.26 Å². The average Bonchev–Trinajstić information content (AvgIpc) is 3.36. The third-order valence-corrected chi connectivity index (χ3v) is 6.18. The molecule has 0 spiro atoms. The minimum absolute atomic E-state index is 0.0304. The van der Waals surface area contributed by atoms with Crippen molar-refractivity contribution in [3.8, 4) is 17.5 Å². The number of piperidine rings is 1. The molecule has 0 radical (unpaired) electrons. The van der Waals surface area contributed by atoms with Crippen LogP contribution in [0.4, 0.5) is 10.4 Å². The molecule has 1 saturated heterocycles. The van der Waals surface area contributed by atoms with Crippen LogP contribution < -0.4 is 4.90 Å². The number of nitrogens with zero attached hydrogens (tertiary/aromatic N) is 7. The van der Waals surface area contributed by atoms with Gasteiger partial charge in [-0.2, -0.15) is 15.2 Å². The number of benzene rings is 1. The first-order chi connectivity index (χ1) is 16.6. The first-order valence-electron chi connectivity index (χ1n) is 11.5. The zero-order valence-electron chi connectivity index (χ0n) is 18.8. The molecule has 34 heavy (non-hydrogen) atoms. The lowest BCUT2D eigenvalue weighted by molar-refractivity contribution is 0.0613. The average molecular weight is 465 g/mol. The van der Waals surface area contributed by atoms with Crippen molar-refractivity contribution in [1.82, 2.24) is 25.2 Å². The predicted octanol–water partition coefficient (Wildman–Crippen LogP) is 3.36. The van der Waals surface area contributed by atoms with E-state index in [1.54, 1.807) is 0 Å². The van der Waals surface area contributed by atoms with Gasteiger partial charge in [-0.15, -0.1) is 0 Å². The maximum atomic E-state index is 14.3. The van der Waals surface area contributed by atoms with E-state index in [0.29, 0.717) is 24.9 Å². The fourth-order valence-corrected chi connectivity index (χ4v) is 4.31. The second kappa shape index (κ2) is 9.21. The van der Waals surface area contributed by atoms with Crippen molar-refractivity contribution in [2.24, 2.45) is 0 Å². The Morgan fingerprint density at radius 2 is 1.94 bits per heavy atom. The lowest BCUT2D eigenvalue weighted by Crippen LogP contribution is -2.48. The standard InChI is InChI=1S/C23H24FN7O3/c1-2-3-19-26-23(34-28-19)30-10-8-16(9-11-30)31(15-5-6-15)22(32)20-27-21(33-29-20)17-7-4-14(13-25)12-18(17)24/h4,7,12,15-16H,2-3,5-6,8-11H2,1H3. The number of rotatable bonds is 7. The second-order valence-electron chi connectivity index (χ2n) is 8.63. The van der Waals surface area contributed by atoms with E-state index in [2.05, 4.69) is 32.1 Å². The molecule has 2 aromatic heterocycles. The van der Waals surface area contributed by atoms with E-state index < -0.39 is 5.82 Å². The molecule has 3 heterocycles. The van der Waals surface area contributed by atoms with Gasteiger partial charge in [-0.25, -0.2) is 4.39 Å². The largest absolute Gasteiger partial charge is 0.333 e. The monoisotopic (exact) mass is 465 g/mol. The van der Waals surface area contributed by atoms with E-state index in [1.165, 1.54) is 12.1 Å². The van der Waals surface area contributed by atoms with Crippen LogP contribution in [0.3, 0.4) is 0 Å². The molecule has 0 unspecified atom stereocenters. The molecule has 1 amide bonds. The first-order valence-corrected chi connectivity index (χ1v) is 11.5. The third-order valence-electron chi connectivity index (χ3n) is 6.18. The molecule has 0 bridgehead atoms. The summed E-state index contributed by atoms with van der Waals surface area (Å²) in [6.45, 7) is 3.46. The fourth-order valence-electron chi connectivity index (χ4n) is 4.31. The molecule has 1 aromatic carbocycles. The van der Waals surface area contributed by atoms with Gasteiger partial charge in [-0.3, -0.25) is 4.79 Å². The van der Waals surface area contributed by atoms with Crippen LogP contribution in [-0.4, -0.2) is 56.3 Å². The van der Waals surface area contributed by atoms with Crippen LogP contribution in [0.2, 0.25) is 0 Å². The zero-order chi connectivity index (χ0) is 23.7. The number of amides is 1. The van der Waals surface area contributed by atoms with Gasteiger partial charge < -0.3 is 18.8 Å². The molecule has 10 nitrogen and oxygen atoms in total. The molecule has 1 aliphatic heterocycles. The lowest BCUT2D eigenvalue weighted by atomic mass is 10.0. The number of nitriles is 1. The Kier molecular flexibility index (Phi) is 5.96. The molecule has 11 heteroatoms. The zero-order valence-corrected chi connectivity index (χ0v) is 18.8. The van der Waals surface area contributed by atoms with Gasteiger partial charge >= 0.3 is 6.01 Å². The summed E-state index contributed by atoms with van der Waals surface area (Å²) in [5.41, 5.74) is 0.240. The van der Waals surface area contributed by atoms with Gasteiger partial charge in [0.05, 0.1) is 17.2 Å². The van der Waals surface area contributed by atoms with Crippen molar-refractivity contribution < 1.29 is 18.2 Å². The molecule has 5 rings (SSSR count). The van der Waals surface area contributed by atoms with Crippen molar-refractivity contribution >= 4 is 11.9 Å². The minimum atomic E-state index is -0.656. The normalized spacial score (nSPS) is 16.4. The Morgan fingerprint density at radius 1 is 1.18 bits per heavy atom. The van der Waals surface area contributed by atoms with E-state index >= 15 is 0 Å².